The molecule has 0 saturated heterocycles. The van der Waals surface area contributed by atoms with E-state index in [4.69, 9.17) is 14.2 Å². The van der Waals surface area contributed by atoms with Crippen molar-refractivity contribution in [1.29, 1.82) is 0 Å². The zero-order valence-electron chi connectivity index (χ0n) is 51.7. The smallest absolute Gasteiger partial charge is 0.306 e. The molecule has 6 heteroatoms. The number of hydrogen-bond acceptors (Lipinski definition) is 6. The number of unbranched alkanes of at least 4 members (excludes halogenated alkanes) is 36. The lowest BCUT2D eigenvalue weighted by atomic mass is 10.1. The van der Waals surface area contributed by atoms with Gasteiger partial charge in [0, 0.05) is 19.3 Å². The summed E-state index contributed by atoms with van der Waals surface area (Å²) in [5.41, 5.74) is 0. The van der Waals surface area contributed by atoms with E-state index in [0.29, 0.717) is 19.3 Å². The highest BCUT2D eigenvalue weighted by molar-refractivity contribution is 5.71. The minimum Gasteiger partial charge on any atom is -0.462 e. The Balaban J connectivity index is 4.37. The molecular weight excluding hydrogens is 961 g/mol. The molecule has 0 amide bonds. The first-order valence-electron chi connectivity index (χ1n) is 33.6. The molecule has 0 rings (SSSR count). The Bertz CT molecular complexity index is 1480. The Hall–Kier alpha value is -3.41. The molecule has 0 radical (unpaired) electrons. The molecule has 1 atom stereocenters. The summed E-state index contributed by atoms with van der Waals surface area (Å²) in [7, 11) is 0. The second-order valence-corrected chi connectivity index (χ2v) is 22.3. The van der Waals surface area contributed by atoms with Crippen LogP contribution in [0.5, 0.6) is 0 Å². The van der Waals surface area contributed by atoms with E-state index in [2.05, 4.69) is 106 Å². The van der Waals surface area contributed by atoms with Gasteiger partial charge in [0.1, 0.15) is 13.2 Å². The first kappa shape index (κ1) is 74.6. The summed E-state index contributed by atoms with van der Waals surface area (Å²) in [4.78, 5) is 38.4. The quantitative estimate of drug-likeness (QED) is 0.0261. The molecule has 0 spiro atoms. The van der Waals surface area contributed by atoms with E-state index in [-0.39, 0.29) is 31.1 Å². The molecule has 0 N–H and O–H groups in total. The van der Waals surface area contributed by atoms with E-state index in [1.807, 2.05) is 0 Å². The maximum Gasteiger partial charge on any atom is 0.306 e. The van der Waals surface area contributed by atoms with Gasteiger partial charge in [-0.05, 0) is 116 Å². The normalized spacial score (nSPS) is 12.6. The van der Waals surface area contributed by atoms with Crippen molar-refractivity contribution in [3.8, 4) is 0 Å². The SMILES string of the molecule is CC/C=C\C/C=C\C/C=C\C/C=C\CCCCCCCCCCCCC(=O)OCC(COC(=O)CCCCCCC/C=C\CCCCCCCCC)OC(=O)CCCCCCCCCCC/C=C\C/C=C\CCCCCCC. The van der Waals surface area contributed by atoms with Crippen LogP contribution in [-0.2, 0) is 28.6 Å². The third-order valence-corrected chi connectivity index (χ3v) is 14.6. The molecule has 0 aliphatic heterocycles. The average molecular weight is 1090 g/mol. The van der Waals surface area contributed by atoms with Crippen LogP contribution >= 0.6 is 0 Å². The van der Waals surface area contributed by atoms with Gasteiger partial charge in [0.2, 0.25) is 0 Å². The van der Waals surface area contributed by atoms with E-state index in [1.165, 1.54) is 199 Å². The Kier molecular flexibility index (Phi) is 63.2. The molecule has 6 nitrogen and oxygen atoms in total. The van der Waals surface area contributed by atoms with Gasteiger partial charge in [0.05, 0.1) is 0 Å². The van der Waals surface area contributed by atoms with Crippen LogP contribution in [0.25, 0.3) is 0 Å². The number of hydrogen-bond donors (Lipinski definition) is 0. The van der Waals surface area contributed by atoms with E-state index in [0.717, 1.165) is 96.3 Å². The Morgan fingerprint density at radius 3 is 0.795 bits per heavy atom. The number of carbonyl (C=O) groups excluding carboxylic acids is 3. The van der Waals surface area contributed by atoms with Crippen LogP contribution in [0.2, 0.25) is 0 Å². The summed E-state index contributed by atoms with van der Waals surface area (Å²) in [6, 6.07) is 0. The number of allylic oxidation sites excluding steroid dienone is 14. The molecule has 0 aromatic rings. The summed E-state index contributed by atoms with van der Waals surface area (Å²) in [5.74, 6) is -0.883. The maximum atomic E-state index is 12.9. The van der Waals surface area contributed by atoms with Gasteiger partial charge in [-0.25, -0.2) is 0 Å². The second-order valence-electron chi connectivity index (χ2n) is 22.3. The van der Waals surface area contributed by atoms with E-state index in [1.54, 1.807) is 0 Å². The Morgan fingerprint density at radius 1 is 0.269 bits per heavy atom. The topological polar surface area (TPSA) is 78.9 Å². The molecule has 0 fully saturated rings. The summed E-state index contributed by atoms with van der Waals surface area (Å²) in [6.07, 6.45) is 87.3. The molecule has 0 aliphatic rings. The third kappa shape index (κ3) is 63.4. The first-order valence-corrected chi connectivity index (χ1v) is 33.6. The van der Waals surface area contributed by atoms with Crippen LogP contribution < -0.4 is 0 Å². The van der Waals surface area contributed by atoms with Crippen LogP contribution in [0.15, 0.2) is 85.1 Å². The van der Waals surface area contributed by atoms with Crippen molar-refractivity contribution in [2.75, 3.05) is 13.2 Å². The fourth-order valence-corrected chi connectivity index (χ4v) is 9.58. The summed E-state index contributed by atoms with van der Waals surface area (Å²) in [5, 5.41) is 0. The van der Waals surface area contributed by atoms with Crippen molar-refractivity contribution in [1.82, 2.24) is 0 Å². The van der Waals surface area contributed by atoms with Crippen LogP contribution in [0, 0.1) is 0 Å². The predicted molar refractivity (Wildman–Crippen MR) is 339 cm³/mol. The van der Waals surface area contributed by atoms with Gasteiger partial charge in [-0.1, -0.05) is 286 Å². The predicted octanol–water partition coefficient (Wildman–Crippen LogP) is 23.1. The molecule has 1 unspecified atom stereocenters. The minimum atomic E-state index is -0.786. The minimum absolute atomic E-state index is 0.0816. The number of carbonyl (C=O) groups is 3. The highest BCUT2D eigenvalue weighted by atomic mass is 16.6. The Morgan fingerprint density at radius 2 is 0.500 bits per heavy atom. The molecule has 0 aliphatic carbocycles. The molecule has 0 aromatic carbocycles. The zero-order valence-corrected chi connectivity index (χ0v) is 51.7. The molecule has 78 heavy (non-hydrogen) atoms. The average Bonchev–Trinajstić information content (AvgIpc) is 3.44. The van der Waals surface area contributed by atoms with Gasteiger partial charge in [0.25, 0.3) is 0 Å². The lowest BCUT2D eigenvalue weighted by Crippen LogP contribution is -2.30. The van der Waals surface area contributed by atoms with Crippen molar-refractivity contribution >= 4 is 17.9 Å². The van der Waals surface area contributed by atoms with Crippen molar-refractivity contribution in [2.24, 2.45) is 0 Å². The molecule has 450 valence electrons. The first-order chi connectivity index (χ1) is 38.5. The van der Waals surface area contributed by atoms with E-state index in [9.17, 15) is 14.4 Å². The highest BCUT2D eigenvalue weighted by Gasteiger charge is 2.19. The fraction of sp³-hybridized carbons (Fsp3) is 0.764. The van der Waals surface area contributed by atoms with Gasteiger partial charge in [-0.15, -0.1) is 0 Å². The van der Waals surface area contributed by atoms with Crippen molar-refractivity contribution in [3.63, 3.8) is 0 Å². The molecule has 0 saturated carbocycles. The standard InChI is InChI=1S/C72H126O6/c1-4-7-10-13-16-19-22-25-28-31-33-35-36-38-39-41-44-47-50-53-56-59-62-65-71(74)77-68-69(67-76-70(73)64-61-58-55-52-49-46-43-30-27-24-21-18-15-12-9-6-3)78-72(75)66-63-60-57-54-51-48-45-42-40-37-34-32-29-26-23-20-17-14-11-8-5-2/h7,10,16,19,23,25-26,28,30,32-35,43,69H,4-6,8-9,11-15,17-18,20-22,24,27,29,31,36-42,44-68H2,1-3H3/b10-7-,19-16-,26-23-,28-25-,34-32-,35-33-,43-30-. The zero-order chi connectivity index (χ0) is 56.4. The third-order valence-electron chi connectivity index (χ3n) is 14.6. The molecule has 0 heterocycles. The second kappa shape index (κ2) is 66.1. The van der Waals surface area contributed by atoms with E-state index >= 15 is 0 Å². The van der Waals surface area contributed by atoms with Crippen molar-refractivity contribution in [2.45, 2.75) is 341 Å². The van der Waals surface area contributed by atoms with Crippen molar-refractivity contribution in [3.05, 3.63) is 85.1 Å². The van der Waals surface area contributed by atoms with Crippen LogP contribution in [0.4, 0.5) is 0 Å². The largest absolute Gasteiger partial charge is 0.462 e. The van der Waals surface area contributed by atoms with Crippen LogP contribution in [-0.4, -0.2) is 37.2 Å². The summed E-state index contributed by atoms with van der Waals surface area (Å²) < 4.78 is 17.0. The van der Waals surface area contributed by atoms with Crippen molar-refractivity contribution < 1.29 is 28.6 Å². The maximum absolute atomic E-state index is 12.9. The van der Waals surface area contributed by atoms with Gasteiger partial charge in [-0.2, -0.15) is 0 Å². The Labute approximate surface area is 484 Å². The highest BCUT2D eigenvalue weighted by Crippen LogP contribution is 2.16. The molecule has 0 aromatic heterocycles. The number of rotatable bonds is 61. The van der Waals surface area contributed by atoms with Crippen LogP contribution in [0.3, 0.4) is 0 Å². The van der Waals surface area contributed by atoms with Gasteiger partial charge < -0.3 is 14.2 Å². The lowest BCUT2D eigenvalue weighted by Gasteiger charge is -2.18. The van der Waals surface area contributed by atoms with Gasteiger partial charge in [-0.3, -0.25) is 14.4 Å². The molecule has 0 bridgehead atoms. The number of ether oxygens (including phenoxy) is 3. The molecular formula is C72H126O6. The monoisotopic (exact) mass is 1090 g/mol. The summed E-state index contributed by atoms with van der Waals surface area (Å²) in [6.45, 7) is 6.54. The fourth-order valence-electron chi connectivity index (χ4n) is 9.58. The lowest BCUT2D eigenvalue weighted by molar-refractivity contribution is -0.167. The summed E-state index contributed by atoms with van der Waals surface area (Å²) >= 11 is 0. The van der Waals surface area contributed by atoms with Gasteiger partial charge in [0.15, 0.2) is 6.10 Å². The van der Waals surface area contributed by atoms with Crippen LogP contribution in [0.1, 0.15) is 335 Å². The number of esters is 3. The van der Waals surface area contributed by atoms with Gasteiger partial charge >= 0.3 is 17.9 Å². The van der Waals surface area contributed by atoms with E-state index < -0.39 is 6.10 Å².